The van der Waals surface area contributed by atoms with Gasteiger partial charge in [-0.25, -0.2) is 4.79 Å². The topological polar surface area (TPSA) is 60.0 Å². The second-order valence-corrected chi connectivity index (χ2v) is 4.83. The zero-order valence-corrected chi connectivity index (χ0v) is 12.6. The second-order valence-electron chi connectivity index (χ2n) is 4.83. The summed E-state index contributed by atoms with van der Waals surface area (Å²) in [5.74, 6) is 1.29. The summed E-state index contributed by atoms with van der Waals surface area (Å²) in [6.45, 7) is 3.40. The molecule has 21 heavy (non-hydrogen) atoms. The number of hydrogen-bond donors (Lipinski definition) is 1. The maximum atomic E-state index is 12.0. The van der Waals surface area contributed by atoms with Gasteiger partial charge in [-0.1, -0.05) is 6.07 Å². The van der Waals surface area contributed by atoms with E-state index in [1.165, 1.54) is 0 Å². The number of nitrogens with zero attached hydrogens (tertiary/aromatic N) is 1. The van der Waals surface area contributed by atoms with E-state index in [4.69, 9.17) is 14.2 Å². The molecule has 1 heterocycles. The minimum absolute atomic E-state index is 0.225. The first kappa shape index (κ1) is 15.4. The van der Waals surface area contributed by atoms with Crippen molar-refractivity contribution in [2.75, 3.05) is 40.4 Å². The minimum atomic E-state index is -0.270. The molecule has 1 aliphatic rings. The third kappa shape index (κ3) is 4.26. The molecule has 2 rings (SSSR count). The monoisotopic (exact) mass is 294 g/mol. The third-order valence-electron chi connectivity index (χ3n) is 3.41. The molecular weight excluding hydrogens is 272 g/mol. The van der Waals surface area contributed by atoms with Crippen LogP contribution < -0.4 is 14.8 Å². The number of methoxy groups -OCH3 is 2. The summed E-state index contributed by atoms with van der Waals surface area (Å²) in [4.78, 5) is 13.8. The number of carbonyl (C=O) groups excluding carboxylic acids is 1. The van der Waals surface area contributed by atoms with Gasteiger partial charge in [-0.05, 0) is 30.7 Å². The quantitative estimate of drug-likeness (QED) is 0.914. The molecule has 0 atom stereocenters. The molecule has 1 aliphatic heterocycles. The third-order valence-corrected chi connectivity index (χ3v) is 3.41. The van der Waals surface area contributed by atoms with Crippen LogP contribution in [-0.4, -0.2) is 51.4 Å². The molecule has 1 aromatic carbocycles. The average Bonchev–Trinajstić information content (AvgIpc) is 2.81. The van der Waals surface area contributed by atoms with Crippen LogP contribution in [0.4, 0.5) is 4.79 Å². The molecule has 1 saturated heterocycles. The molecule has 0 spiro atoms. The van der Waals surface area contributed by atoms with Gasteiger partial charge in [-0.2, -0.15) is 0 Å². The molecule has 1 fully saturated rings. The van der Waals surface area contributed by atoms with E-state index in [0.717, 1.165) is 31.6 Å². The van der Waals surface area contributed by atoms with E-state index >= 15 is 0 Å². The first-order valence-corrected chi connectivity index (χ1v) is 7.08. The van der Waals surface area contributed by atoms with E-state index in [1.54, 1.807) is 25.2 Å². The van der Waals surface area contributed by atoms with Crippen molar-refractivity contribution in [1.29, 1.82) is 0 Å². The average molecular weight is 294 g/mol. The van der Waals surface area contributed by atoms with Gasteiger partial charge in [0.1, 0.15) is 6.61 Å². The predicted octanol–water partition coefficient (Wildman–Crippen LogP) is 1.64. The van der Waals surface area contributed by atoms with Gasteiger partial charge in [-0.3, -0.25) is 0 Å². The summed E-state index contributed by atoms with van der Waals surface area (Å²) in [6, 6.07) is 5.48. The van der Waals surface area contributed by atoms with Crippen LogP contribution in [0.2, 0.25) is 0 Å². The Morgan fingerprint density at radius 3 is 2.76 bits per heavy atom. The van der Waals surface area contributed by atoms with Gasteiger partial charge >= 0.3 is 6.09 Å². The van der Waals surface area contributed by atoms with E-state index in [-0.39, 0.29) is 12.7 Å². The second kappa shape index (κ2) is 7.73. The van der Waals surface area contributed by atoms with Gasteiger partial charge in [0.2, 0.25) is 0 Å². The zero-order chi connectivity index (χ0) is 15.1. The fourth-order valence-corrected chi connectivity index (χ4v) is 2.24. The van der Waals surface area contributed by atoms with Gasteiger partial charge < -0.3 is 24.4 Å². The van der Waals surface area contributed by atoms with Gasteiger partial charge in [0.05, 0.1) is 14.2 Å². The first-order chi connectivity index (χ1) is 10.2. The van der Waals surface area contributed by atoms with Gasteiger partial charge in [-0.15, -0.1) is 0 Å². The van der Waals surface area contributed by atoms with Gasteiger partial charge in [0, 0.05) is 19.6 Å². The maximum Gasteiger partial charge on any atom is 0.410 e. The predicted molar refractivity (Wildman–Crippen MR) is 78.8 cm³/mol. The summed E-state index contributed by atoms with van der Waals surface area (Å²) in [5.41, 5.74) is 0.869. The highest BCUT2D eigenvalue weighted by molar-refractivity contribution is 5.67. The van der Waals surface area contributed by atoms with Crippen LogP contribution in [0.15, 0.2) is 18.2 Å². The van der Waals surface area contributed by atoms with Crippen molar-refractivity contribution in [1.82, 2.24) is 10.2 Å². The normalized spacial score (nSPS) is 15.2. The molecule has 0 aromatic heterocycles. The fourth-order valence-electron chi connectivity index (χ4n) is 2.24. The Morgan fingerprint density at radius 1 is 1.19 bits per heavy atom. The molecule has 1 N–H and O–H groups in total. The number of carbonyl (C=O) groups is 1. The molecule has 1 aromatic rings. The molecule has 0 unspecified atom stereocenters. The fraction of sp³-hybridized carbons (Fsp3) is 0.533. The lowest BCUT2D eigenvalue weighted by molar-refractivity contribution is 0.0984. The maximum absolute atomic E-state index is 12.0. The van der Waals surface area contributed by atoms with E-state index in [1.807, 2.05) is 12.1 Å². The number of nitrogens with one attached hydrogen (secondary N) is 1. The highest BCUT2D eigenvalue weighted by Crippen LogP contribution is 2.27. The number of amides is 1. The molecule has 1 amide bonds. The van der Waals surface area contributed by atoms with Crippen LogP contribution in [0.3, 0.4) is 0 Å². The lowest BCUT2D eigenvalue weighted by Crippen LogP contribution is -2.34. The highest BCUT2D eigenvalue weighted by atomic mass is 16.6. The zero-order valence-electron chi connectivity index (χ0n) is 12.6. The molecular formula is C15H22N2O4. The Hall–Kier alpha value is -1.95. The molecule has 6 heteroatoms. The summed E-state index contributed by atoms with van der Waals surface area (Å²) in [6.07, 6.45) is 0.680. The first-order valence-electron chi connectivity index (χ1n) is 7.08. The molecule has 0 saturated carbocycles. The van der Waals surface area contributed by atoms with Crippen molar-refractivity contribution in [2.24, 2.45) is 0 Å². The number of hydrogen-bond acceptors (Lipinski definition) is 5. The van der Waals surface area contributed by atoms with E-state index in [9.17, 15) is 4.79 Å². The van der Waals surface area contributed by atoms with Crippen molar-refractivity contribution in [3.63, 3.8) is 0 Å². The van der Waals surface area contributed by atoms with E-state index in [2.05, 4.69) is 5.32 Å². The SMILES string of the molecule is COc1ccc(COC(=O)N2CCCNCC2)cc1OC. The van der Waals surface area contributed by atoms with Crippen LogP contribution in [-0.2, 0) is 11.3 Å². The largest absolute Gasteiger partial charge is 0.493 e. The van der Waals surface area contributed by atoms with Crippen LogP contribution in [0, 0.1) is 0 Å². The molecule has 0 radical (unpaired) electrons. The molecule has 0 aliphatic carbocycles. The lowest BCUT2D eigenvalue weighted by atomic mass is 10.2. The number of ether oxygens (including phenoxy) is 3. The van der Waals surface area contributed by atoms with Crippen molar-refractivity contribution < 1.29 is 19.0 Å². The Balaban J connectivity index is 1.91. The van der Waals surface area contributed by atoms with Crippen LogP contribution in [0.25, 0.3) is 0 Å². The van der Waals surface area contributed by atoms with Crippen molar-refractivity contribution >= 4 is 6.09 Å². The van der Waals surface area contributed by atoms with Gasteiger partial charge in [0.15, 0.2) is 11.5 Å². The summed E-state index contributed by atoms with van der Waals surface area (Å²) in [7, 11) is 3.17. The Kier molecular flexibility index (Phi) is 5.68. The van der Waals surface area contributed by atoms with Crippen molar-refractivity contribution in [3.05, 3.63) is 23.8 Å². The van der Waals surface area contributed by atoms with Crippen LogP contribution in [0.5, 0.6) is 11.5 Å². The smallest absolute Gasteiger partial charge is 0.410 e. The minimum Gasteiger partial charge on any atom is -0.493 e. The standard InChI is InChI=1S/C15H22N2O4/c1-19-13-5-4-12(10-14(13)20-2)11-21-15(18)17-8-3-6-16-7-9-17/h4-5,10,16H,3,6-9,11H2,1-2H3. The van der Waals surface area contributed by atoms with Crippen LogP contribution >= 0.6 is 0 Å². The van der Waals surface area contributed by atoms with Gasteiger partial charge in [0.25, 0.3) is 0 Å². The number of benzene rings is 1. The van der Waals surface area contributed by atoms with Crippen molar-refractivity contribution in [3.8, 4) is 11.5 Å². The number of rotatable bonds is 4. The lowest BCUT2D eigenvalue weighted by Gasteiger charge is -2.19. The molecule has 116 valence electrons. The Bertz CT molecular complexity index is 471. The molecule has 6 nitrogen and oxygen atoms in total. The summed E-state index contributed by atoms with van der Waals surface area (Å²) in [5, 5.41) is 3.25. The van der Waals surface area contributed by atoms with Crippen molar-refractivity contribution in [2.45, 2.75) is 13.0 Å². The Labute approximate surface area is 125 Å². The summed E-state index contributed by atoms with van der Waals surface area (Å²) >= 11 is 0. The molecule has 0 bridgehead atoms. The summed E-state index contributed by atoms with van der Waals surface area (Å²) < 4.78 is 15.8. The van der Waals surface area contributed by atoms with E-state index in [0.29, 0.717) is 18.0 Å². The highest BCUT2D eigenvalue weighted by Gasteiger charge is 2.16. The van der Waals surface area contributed by atoms with E-state index < -0.39 is 0 Å². The van der Waals surface area contributed by atoms with Crippen LogP contribution in [0.1, 0.15) is 12.0 Å². The Morgan fingerprint density at radius 2 is 2.00 bits per heavy atom.